The number of nitrogens with one attached hydrogen (secondary N) is 1. The Morgan fingerprint density at radius 2 is 1.94 bits per heavy atom. The van der Waals surface area contributed by atoms with Crippen LogP contribution in [0.1, 0.15) is 13.8 Å². The molecule has 0 aliphatic rings. The molecule has 1 aromatic rings. The molecular weight excluding hydrogens is 219 g/mol. The molecule has 3 nitrogen and oxygen atoms in total. The highest BCUT2D eigenvalue weighted by molar-refractivity contribution is 5.92. The number of nitrogens with two attached hydrogens (primary N) is 1. The monoisotopic (exact) mass is 231 g/mol. The number of rotatable bonds is 2. The number of guanidine groups is 1. The van der Waals surface area contributed by atoms with Crippen molar-refractivity contribution in [2.45, 2.75) is 19.9 Å². The van der Waals surface area contributed by atoms with Crippen molar-refractivity contribution in [3.8, 4) is 0 Å². The average molecular weight is 231 g/mol. The number of nitrogens with zero attached hydrogens (tertiary/aromatic N) is 1. The molecule has 1 rings (SSSR count). The maximum Gasteiger partial charge on any atom is 0.193 e. The van der Waals surface area contributed by atoms with Crippen molar-refractivity contribution in [3.05, 3.63) is 29.6 Å². The van der Waals surface area contributed by atoms with Crippen LogP contribution in [-0.4, -0.2) is 12.0 Å². The SMILES string of the molecule is CC(C)N=C(N)Nc1cc(F)cc(F)c1F. The van der Waals surface area contributed by atoms with Crippen molar-refractivity contribution in [1.82, 2.24) is 0 Å². The number of aliphatic imine (C=N–C) groups is 1. The molecule has 0 aromatic heterocycles. The summed E-state index contributed by atoms with van der Waals surface area (Å²) in [6.07, 6.45) is 0. The summed E-state index contributed by atoms with van der Waals surface area (Å²) >= 11 is 0. The van der Waals surface area contributed by atoms with Crippen molar-refractivity contribution in [3.63, 3.8) is 0 Å². The molecule has 0 spiro atoms. The van der Waals surface area contributed by atoms with Crippen LogP contribution in [0.3, 0.4) is 0 Å². The van der Waals surface area contributed by atoms with Crippen LogP contribution < -0.4 is 11.1 Å². The van der Waals surface area contributed by atoms with E-state index in [0.29, 0.717) is 6.07 Å². The van der Waals surface area contributed by atoms with Crippen molar-refractivity contribution in [1.29, 1.82) is 0 Å². The van der Waals surface area contributed by atoms with E-state index in [9.17, 15) is 13.2 Å². The minimum atomic E-state index is -1.28. The molecule has 0 radical (unpaired) electrons. The summed E-state index contributed by atoms with van der Waals surface area (Å²) in [6.45, 7) is 3.52. The van der Waals surface area contributed by atoms with Crippen molar-refractivity contribution < 1.29 is 13.2 Å². The van der Waals surface area contributed by atoms with Crippen molar-refractivity contribution in [2.75, 3.05) is 5.32 Å². The Kier molecular flexibility index (Phi) is 3.76. The molecule has 88 valence electrons. The molecule has 0 amide bonds. The van der Waals surface area contributed by atoms with Gasteiger partial charge in [-0.3, -0.25) is 4.99 Å². The maximum atomic E-state index is 13.2. The van der Waals surface area contributed by atoms with Gasteiger partial charge in [-0.25, -0.2) is 13.2 Å². The van der Waals surface area contributed by atoms with E-state index in [0.717, 1.165) is 6.07 Å². The summed E-state index contributed by atoms with van der Waals surface area (Å²) in [5, 5.41) is 2.30. The third-order valence-corrected chi connectivity index (χ3v) is 1.65. The van der Waals surface area contributed by atoms with Gasteiger partial charge in [0.25, 0.3) is 0 Å². The average Bonchev–Trinajstić information content (AvgIpc) is 2.11. The summed E-state index contributed by atoms with van der Waals surface area (Å²) in [5.41, 5.74) is 5.03. The normalized spacial score (nSPS) is 12.0. The van der Waals surface area contributed by atoms with E-state index in [1.807, 2.05) is 0 Å². The second-order valence-corrected chi connectivity index (χ2v) is 3.48. The summed E-state index contributed by atoms with van der Waals surface area (Å²) in [4.78, 5) is 3.84. The largest absolute Gasteiger partial charge is 0.370 e. The Bertz CT molecular complexity index is 416. The van der Waals surface area contributed by atoms with Gasteiger partial charge in [0, 0.05) is 18.2 Å². The number of anilines is 1. The van der Waals surface area contributed by atoms with Crippen LogP contribution in [0.4, 0.5) is 18.9 Å². The van der Waals surface area contributed by atoms with E-state index in [4.69, 9.17) is 5.73 Å². The molecule has 0 aliphatic heterocycles. The zero-order valence-corrected chi connectivity index (χ0v) is 8.89. The van der Waals surface area contributed by atoms with Crippen LogP contribution in [0.2, 0.25) is 0 Å². The van der Waals surface area contributed by atoms with Gasteiger partial charge >= 0.3 is 0 Å². The predicted molar refractivity (Wildman–Crippen MR) is 56.7 cm³/mol. The van der Waals surface area contributed by atoms with Gasteiger partial charge in [0.1, 0.15) is 5.82 Å². The molecule has 0 saturated heterocycles. The van der Waals surface area contributed by atoms with Crippen molar-refractivity contribution in [2.24, 2.45) is 10.7 Å². The summed E-state index contributed by atoms with van der Waals surface area (Å²) in [6, 6.07) is 1.16. The van der Waals surface area contributed by atoms with E-state index in [1.165, 1.54) is 0 Å². The lowest BCUT2D eigenvalue weighted by atomic mass is 10.3. The van der Waals surface area contributed by atoms with Gasteiger partial charge in [-0.2, -0.15) is 0 Å². The van der Waals surface area contributed by atoms with Gasteiger partial charge in [-0.15, -0.1) is 0 Å². The lowest BCUT2D eigenvalue weighted by molar-refractivity contribution is 0.498. The first-order chi connectivity index (χ1) is 7.40. The van der Waals surface area contributed by atoms with Gasteiger partial charge in [0.2, 0.25) is 0 Å². The number of halogens is 3. The molecule has 16 heavy (non-hydrogen) atoms. The Hall–Kier alpha value is -1.72. The van der Waals surface area contributed by atoms with Gasteiger partial charge in [-0.1, -0.05) is 0 Å². The number of hydrogen-bond donors (Lipinski definition) is 2. The summed E-state index contributed by atoms with van der Waals surface area (Å²) < 4.78 is 38.8. The quantitative estimate of drug-likeness (QED) is 0.466. The molecule has 3 N–H and O–H groups in total. The Balaban J connectivity index is 2.97. The molecule has 0 aliphatic carbocycles. The van der Waals surface area contributed by atoms with Crippen LogP contribution in [0.25, 0.3) is 0 Å². The molecular formula is C10H12F3N3. The summed E-state index contributed by atoms with van der Waals surface area (Å²) in [5.74, 6) is -3.46. The predicted octanol–water partition coefficient (Wildman–Crippen LogP) is 2.24. The molecule has 0 saturated carbocycles. The van der Waals surface area contributed by atoms with E-state index < -0.39 is 17.5 Å². The molecule has 0 unspecified atom stereocenters. The Morgan fingerprint density at radius 3 is 2.50 bits per heavy atom. The van der Waals surface area contributed by atoms with Crippen LogP contribution >= 0.6 is 0 Å². The molecule has 0 atom stereocenters. The fourth-order valence-electron chi connectivity index (χ4n) is 1.10. The van der Waals surface area contributed by atoms with E-state index in [2.05, 4.69) is 10.3 Å². The topological polar surface area (TPSA) is 50.4 Å². The van der Waals surface area contributed by atoms with Crippen LogP contribution in [0, 0.1) is 17.5 Å². The third-order valence-electron chi connectivity index (χ3n) is 1.65. The van der Waals surface area contributed by atoms with Crippen LogP contribution in [-0.2, 0) is 0 Å². The van der Waals surface area contributed by atoms with E-state index >= 15 is 0 Å². The zero-order chi connectivity index (χ0) is 12.3. The van der Waals surface area contributed by atoms with Gasteiger partial charge in [-0.05, 0) is 13.8 Å². The second kappa shape index (κ2) is 4.87. The first-order valence-electron chi connectivity index (χ1n) is 4.65. The Labute approximate surface area is 91.2 Å². The number of benzene rings is 1. The number of hydrogen-bond acceptors (Lipinski definition) is 1. The van der Waals surface area contributed by atoms with Crippen molar-refractivity contribution >= 4 is 11.6 Å². The van der Waals surface area contributed by atoms with E-state index in [1.54, 1.807) is 13.8 Å². The van der Waals surface area contributed by atoms with Crippen LogP contribution in [0.15, 0.2) is 17.1 Å². The minimum absolute atomic E-state index is 0.0982. The summed E-state index contributed by atoms with van der Waals surface area (Å²) in [7, 11) is 0. The van der Waals surface area contributed by atoms with Gasteiger partial charge in [0.15, 0.2) is 17.6 Å². The fraction of sp³-hybridized carbons (Fsp3) is 0.300. The molecule has 1 aromatic carbocycles. The fourth-order valence-corrected chi connectivity index (χ4v) is 1.10. The highest BCUT2D eigenvalue weighted by atomic mass is 19.2. The smallest absolute Gasteiger partial charge is 0.193 e. The highest BCUT2D eigenvalue weighted by Gasteiger charge is 2.11. The molecule has 0 heterocycles. The Morgan fingerprint density at radius 1 is 1.31 bits per heavy atom. The highest BCUT2D eigenvalue weighted by Crippen LogP contribution is 2.18. The van der Waals surface area contributed by atoms with Gasteiger partial charge < -0.3 is 11.1 Å². The second-order valence-electron chi connectivity index (χ2n) is 3.48. The first kappa shape index (κ1) is 12.4. The molecule has 0 fully saturated rings. The lowest BCUT2D eigenvalue weighted by Crippen LogP contribution is -2.24. The lowest BCUT2D eigenvalue weighted by Gasteiger charge is -2.08. The maximum absolute atomic E-state index is 13.2. The zero-order valence-electron chi connectivity index (χ0n) is 8.89. The first-order valence-corrected chi connectivity index (χ1v) is 4.65. The molecule has 6 heteroatoms. The standard InChI is InChI=1S/C10H12F3N3/c1-5(2)15-10(14)16-8-4-6(11)3-7(12)9(8)13/h3-5H,1-2H3,(H3,14,15,16). The minimum Gasteiger partial charge on any atom is -0.370 e. The van der Waals surface area contributed by atoms with Gasteiger partial charge in [0.05, 0.1) is 5.69 Å². The van der Waals surface area contributed by atoms with E-state index in [-0.39, 0.29) is 17.7 Å². The van der Waals surface area contributed by atoms with Crippen LogP contribution in [0.5, 0.6) is 0 Å². The molecule has 0 bridgehead atoms. The third kappa shape index (κ3) is 3.15.